The molecule has 0 bridgehead atoms. The lowest BCUT2D eigenvalue weighted by Gasteiger charge is -2.35. The number of nitrogens with one attached hydrogen (secondary N) is 1. The molecule has 1 N–H and O–H groups in total. The Morgan fingerprint density at radius 2 is 2.00 bits per heavy atom. The summed E-state index contributed by atoms with van der Waals surface area (Å²) in [5, 5.41) is 3.46. The lowest BCUT2D eigenvalue weighted by atomic mass is 10.1. The van der Waals surface area contributed by atoms with Crippen molar-refractivity contribution in [1.82, 2.24) is 14.5 Å². The van der Waals surface area contributed by atoms with Gasteiger partial charge in [-0.3, -0.25) is 4.90 Å². The smallest absolute Gasteiger partial charge is 0.411 e. The SMILES string of the molecule is CCOC(=O)N1CCCCC1Nc1nc2ccccc2n1Cc1ccc(F)cc1. The Hall–Kier alpha value is -3.09. The predicted molar refractivity (Wildman–Crippen MR) is 110 cm³/mol. The number of para-hydroxylation sites is 2. The van der Waals surface area contributed by atoms with Gasteiger partial charge in [0.15, 0.2) is 0 Å². The van der Waals surface area contributed by atoms with Crippen LogP contribution < -0.4 is 5.32 Å². The van der Waals surface area contributed by atoms with Crippen LogP contribution in [0.1, 0.15) is 31.7 Å². The van der Waals surface area contributed by atoms with E-state index < -0.39 is 0 Å². The van der Waals surface area contributed by atoms with Crippen molar-refractivity contribution in [3.63, 3.8) is 0 Å². The molecule has 0 spiro atoms. The molecule has 1 fully saturated rings. The lowest BCUT2D eigenvalue weighted by Crippen LogP contribution is -2.48. The Labute approximate surface area is 169 Å². The highest BCUT2D eigenvalue weighted by molar-refractivity contribution is 5.79. The molecule has 1 aliphatic rings. The van der Waals surface area contributed by atoms with E-state index in [1.807, 2.05) is 31.2 Å². The number of halogens is 1. The second-order valence-electron chi connectivity index (χ2n) is 7.18. The number of anilines is 1. The molecule has 152 valence electrons. The van der Waals surface area contributed by atoms with Crippen molar-refractivity contribution in [2.24, 2.45) is 0 Å². The van der Waals surface area contributed by atoms with Crippen LogP contribution in [0.4, 0.5) is 15.1 Å². The number of amides is 1. The van der Waals surface area contributed by atoms with Crippen molar-refractivity contribution >= 4 is 23.1 Å². The van der Waals surface area contributed by atoms with E-state index in [1.54, 1.807) is 17.0 Å². The molecule has 2 heterocycles. The van der Waals surface area contributed by atoms with E-state index >= 15 is 0 Å². The molecule has 1 aliphatic heterocycles. The van der Waals surface area contributed by atoms with E-state index in [0.29, 0.717) is 25.6 Å². The predicted octanol–water partition coefficient (Wildman–Crippen LogP) is 4.60. The van der Waals surface area contributed by atoms with Gasteiger partial charge in [-0.25, -0.2) is 14.2 Å². The van der Waals surface area contributed by atoms with Gasteiger partial charge in [-0.2, -0.15) is 0 Å². The van der Waals surface area contributed by atoms with Crippen molar-refractivity contribution < 1.29 is 13.9 Å². The number of carbonyl (C=O) groups is 1. The molecule has 2 aromatic carbocycles. The Morgan fingerprint density at radius 1 is 1.21 bits per heavy atom. The van der Waals surface area contributed by atoms with Crippen molar-refractivity contribution in [3.8, 4) is 0 Å². The Morgan fingerprint density at radius 3 is 2.79 bits per heavy atom. The summed E-state index contributed by atoms with van der Waals surface area (Å²) in [7, 11) is 0. The van der Waals surface area contributed by atoms with Crippen LogP contribution in [0.3, 0.4) is 0 Å². The van der Waals surface area contributed by atoms with Crippen molar-refractivity contribution in [1.29, 1.82) is 0 Å². The number of benzene rings is 2. The average Bonchev–Trinajstić information content (AvgIpc) is 3.07. The van der Waals surface area contributed by atoms with Gasteiger partial charge < -0.3 is 14.6 Å². The third-order valence-corrected chi connectivity index (χ3v) is 5.21. The van der Waals surface area contributed by atoms with Gasteiger partial charge >= 0.3 is 6.09 Å². The molecular weight excluding hydrogens is 371 g/mol. The molecule has 1 atom stereocenters. The van der Waals surface area contributed by atoms with Gasteiger partial charge in [-0.1, -0.05) is 24.3 Å². The molecular formula is C22H25FN4O2. The number of carbonyl (C=O) groups excluding carboxylic acids is 1. The van der Waals surface area contributed by atoms with Crippen LogP contribution in [0, 0.1) is 5.82 Å². The van der Waals surface area contributed by atoms with E-state index in [1.165, 1.54) is 12.1 Å². The van der Waals surface area contributed by atoms with E-state index in [4.69, 9.17) is 9.72 Å². The van der Waals surface area contributed by atoms with Gasteiger partial charge in [0.2, 0.25) is 5.95 Å². The fraction of sp³-hybridized carbons (Fsp3) is 0.364. The summed E-state index contributed by atoms with van der Waals surface area (Å²) < 4.78 is 20.6. The standard InChI is InChI=1S/C22H25FN4O2/c1-2-29-22(28)26-14-6-5-9-20(26)25-21-24-18-7-3-4-8-19(18)27(21)15-16-10-12-17(23)13-11-16/h3-4,7-8,10-13,20H,2,5-6,9,14-15H2,1H3,(H,24,25). The summed E-state index contributed by atoms with van der Waals surface area (Å²) in [5.41, 5.74) is 2.83. The van der Waals surface area contributed by atoms with Crippen LogP contribution in [0.25, 0.3) is 11.0 Å². The first-order valence-electron chi connectivity index (χ1n) is 10.1. The van der Waals surface area contributed by atoms with E-state index in [-0.39, 0.29) is 18.1 Å². The molecule has 1 unspecified atom stereocenters. The monoisotopic (exact) mass is 396 g/mol. The quantitative estimate of drug-likeness (QED) is 0.685. The van der Waals surface area contributed by atoms with Crippen molar-refractivity contribution in [2.75, 3.05) is 18.5 Å². The minimum absolute atomic E-state index is 0.174. The number of ether oxygens (including phenoxy) is 1. The van der Waals surface area contributed by atoms with Crippen LogP contribution in [0.5, 0.6) is 0 Å². The minimum Gasteiger partial charge on any atom is -0.450 e. The van der Waals surface area contributed by atoms with Gasteiger partial charge in [-0.05, 0) is 56.0 Å². The largest absolute Gasteiger partial charge is 0.450 e. The third kappa shape index (κ3) is 4.18. The number of aromatic nitrogens is 2. The maximum Gasteiger partial charge on any atom is 0.411 e. The summed E-state index contributed by atoms with van der Waals surface area (Å²) in [6.07, 6.45) is 2.35. The second kappa shape index (κ2) is 8.51. The molecule has 6 nitrogen and oxygen atoms in total. The number of fused-ring (bicyclic) bond motifs is 1. The van der Waals surface area contributed by atoms with E-state index in [2.05, 4.69) is 9.88 Å². The zero-order chi connectivity index (χ0) is 20.2. The van der Waals surface area contributed by atoms with Crippen LogP contribution in [-0.2, 0) is 11.3 Å². The van der Waals surface area contributed by atoms with Crippen LogP contribution >= 0.6 is 0 Å². The highest BCUT2D eigenvalue weighted by atomic mass is 19.1. The molecule has 1 saturated heterocycles. The fourth-order valence-corrected chi connectivity index (χ4v) is 3.77. The van der Waals surface area contributed by atoms with E-state index in [0.717, 1.165) is 35.9 Å². The molecule has 1 amide bonds. The summed E-state index contributed by atoms with van der Waals surface area (Å²) in [4.78, 5) is 18.9. The number of imidazole rings is 1. The molecule has 0 radical (unpaired) electrons. The third-order valence-electron chi connectivity index (χ3n) is 5.21. The number of likely N-dealkylation sites (tertiary alicyclic amines) is 1. The summed E-state index contributed by atoms with van der Waals surface area (Å²) in [5.74, 6) is 0.437. The molecule has 3 aromatic rings. The van der Waals surface area contributed by atoms with Gasteiger partial charge in [0.1, 0.15) is 12.0 Å². The summed E-state index contributed by atoms with van der Waals surface area (Å²) >= 11 is 0. The second-order valence-corrected chi connectivity index (χ2v) is 7.18. The first kappa shape index (κ1) is 19.2. The van der Waals surface area contributed by atoms with Gasteiger partial charge in [0, 0.05) is 6.54 Å². The highest BCUT2D eigenvalue weighted by Gasteiger charge is 2.29. The van der Waals surface area contributed by atoms with Crippen LogP contribution in [0.2, 0.25) is 0 Å². The molecule has 4 rings (SSSR count). The number of hydrogen-bond donors (Lipinski definition) is 1. The minimum atomic E-state index is -0.300. The van der Waals surface area contributed by atoms with Gasteiger partial charge in [0.05, 0.1) is 24.2 Å². The maximum absolute atomic E-state index is 13.3. The Bertz CT molecular complexity index is 986. The molecule has 0 aliphatic carbocycles. The number of rotatable bonds is 5. The van der Waals surface area contributed by atoms with Crippen LogP contribution in [-0.4, -0.2) is 39.9 Å². The average molecular weight is 396 g/mol. The number of nitrogens with zero attached hydrogens (tertiary/aromatic N) is 3. The van der Waals surface area contributed by atoms with Gasteiger partial charge in [-0.15, -0.1) is 0 Å². The Kier molecular flexibility index (Phi) is 5.64. The zero-order valence-corrected chi connectivity index (χ0v) is 16.5. The molecule has 7 heteroatoms. The number of hydrogen-bond acceptors (Lipinski definition) is 4. The number of piperidine rings is 1. The highest BCUT2D eigenvalue weighted by Crippen LogP contribution is 2.25. The fourth-order valence-electron chi connectivity index (χ4n) is 3.77. The van der Waals surface area contributed by atoms with Crippen molar-refractivity contribution in [2.45, 2.75) is 38.9 Å². The maximum atomic E-state index is 13.3. The topological polar surface area (TPSA) is 59.4 Å². The van der Waals surface area contributed by atoms with E-state index in [9.17, 15) is 9.18 Å². The first-order valence-corrected chi connectivity index (χ1v) is 10.1. The summed E-state index contributed by atoms with van der Waals surface area (Å²) in [6.45, 7) is 3.38. The van der Waals surface area contributed by atoms with Crippen molar-refractivity contribution in [3.05, 3.63) is 59.9 Å². The van der Waals surface area contributed by atoms with Crippen LogP contribution in [0.15, 0.2) is 48.5 Å². The first-order chi connectivity index (χ1) is 14.2. The zero-order valence-electron chi connectivity index (χ0n) is 16.5. The molecule has 0 saturated carbocycles. The van der Waals surface area contributed by atoms with Gasteiger partial charge in [0.25, 0.3) is 0 Å². The molecule has 29 heavy (non-hydrogen) atoms. The lowest BCUT2D eigenvalue weighted by molar-refractivity contribution is 0.0829. The normalized spacial score (nSPS) is 16.8. The summed E-state index contributed by atoms with van der Waals surface area (Å²) in [6, 6.07) is 14.4. The molecule has 1 aromatic heterocycles. The Balaban J connectivity index is 1.65.